The van der Waals surface area contributed by atoms with Crippen LogP contribution in [0.15, 0.2) is 57.7 Å². The van der Waals surface area contributed by atoms with Crippen LogP contribution in [-0.2, 0) is 10.7 Å². The molecule has 0 fully saturated rings. The second-order valence-corrected chi connectivity index (χ2v) is 6.82. The molecular formula is C16H13O6P. The predicted molar refractivity (Wildman–Crippen MR) is 85.3 cm³/mol. The van der Waals surface area contributed by atoms with Crippen molar-refractivity contribution in [3.05, 3.63) is 64.3 Å². The third-order valence-electron chi connectivity index (χ3n) is 3.34. The molecule has 118 valence electrons. The van der Waals surface area contributed by atoms with Gasteiger partial charge in [0.1, 0.15) is 17.1 Å². The molecule has 3 rings (SSSR count). The van der Waals surface area contributed by atoms with Gasteiger partial charge in [-0.3, -0.25) is 9.36 Å². The highest BCUT2D eigenvalue weighted by atomic mass is 31.2. The molecule has 1 heterocycles. The van der Waals surface area contributed by atoms with Gasteiger partial charge in [0.15, 0.2) is 5.43 Å². The van der Waals surface area contributed by atoms with Crippen molar-refractivity contribution in [2.75, 3.05) is 0 Å². The van der Waals surface area contributed by atoms with Crippen LogP contribution in [0.1, 0.15) is 5.56 Å². The number of rotatable bonds is 3. The Kier molecular flexibility index (Phi) is 3.82. The molecule has 23 heavy (non-hydrogen) atoms. The largest absolute Gasteiger partial charge is 0.508 e. The highest BCUT2D eigenvalue weighted by Gasteiger charge is 2.14. The quantitative estimate of drug-likeness (QED) is 0.637. The van der Waals surface area contributed by atoms with E-state index < -0.39 is 7.60 Å². The van der Waals surface area contributed by atoms with E-state index in [-0.39, 0.29) is 22.7 Å². The fourth-order valence-electron chi connectivity index (χ4n) is 2.30. The lowest BCUT2D eigenvalue weighted by molar-refractivity contribution is 0.371. The van der Waals surface area contributed by atoms with Crippen molar-refractivity contribution in [3.63, 3.8) is 0 Å². The molecule has 0 bridgehead atoms. The van der Waals surface area contributed by atoms with E-state index in [1.54, 1.807) is 24.3 Å². The van der Waals surface area contributed by atoms with Gasteiger partial charge in [0.2, 0.25) is 0 Å². The first kappa shape index (κ1) is 15.5. The van der Waals surface area contributed by atoms with Gasteiger partial charge in [0.05, 0.1) is 11.5 Å². The molecule has 6 nitrogen and oxygen atoms in total. The van der Waals surface area contributed by atoms with Crippen molar-refractivity contribution in [2.45, 2.75) is 6.16 Å². The molecule has 3 N–H and O–H groups in total. The average Bonchev–Trinajstić information content (AvgIpc) is 2.47. The molecule has 3 aromatic rings. The van der Waals surface area contributed by atoms with Crippen LogP contribution in [0, 0.1) is 0 Å². The number of benzene rings is 2. The Hall–Kier alpha value is -2.40. The van der Waals surface area contributed by atoms with E-state index in [0.717, 1.165) is 0 Å². The molecule has 0 saturated heterocycles. The molecule has 0 aliphatic heterocycles. The Balaban J connectivity index is 2.02. The summed E-state index contributed by atoms with van der Waals surface area (Å²) >= 11 is 0. The molecule has 0 amide bonds. The molecule has 0 unspecified atom stereocenters. The molecule has 2 aromatic carbocycles. The summed E-state index contributed by atoms with van der Waals surface area (Å²) in [6.07, 6.45) is -0.339. The Morgan fingerprint density at radius 2 is 1.70 bits per heavy atom. The highest BCUT2D eigenvalue weighted by Crippen LogP contribution is 2.39. The van der Waals surface area contributed by atoms with Crippen LogP contribution in [0.2, 0.25) is 0 Å². The van der Waals surface area contributed by atoms with Gasteiger partial charge in [-0.25, -0.2) is 0 Å². The second kappa shape index (κ2) is 5.66. The van der Waals surface area contributed by atoms with Crippen LogP contribution in [0.3, 0.4) is 0 Å². The number of hydrogen-bond donors (Lipinski definition) is 3. The summed E-state index contributed by atoms with van der Waals surface area (Å²) in [6.45, 7) is 0. The third-order valence-corrected chi connectivity index (χ3v) is 4.11. The van der Waals surface area contributed by atoms with Crippen LogP contribution < -0.4 is 5.43 Å². The summed E-state index contributed by atoms with van der Waals surface area (Å²) in [5.41, 5.74) is 1.18. The van der Waals surface area contributed by atoms with E-state index >= 15 is 0 Å². The molecule has 0 radical (unpaired) electrons. The SMILES string of the molecule is O=c1cc(-c2ccc(CP(=O)(O)O)cc2)oc2ccc(O)cc12. The molecule has 0 spiro atoms. The predicted octanol–water partition coefficient (Wildman–Crippen LogP) is 2.84. The van der Waals surface area contributed by atoms with Gasteiger partial charge >= 0.3 is 7.60 Å². The number of hydrogen-bond acceptors (Lipinski definition) is 4. The minimum Gasteiger partial charge on any atom is -0.508 e. The Bertz CT molecular complexity index is 968. The van der Waals surface area contributed by atoms with Gasteiger partial charge in [-0.15, -0.1) is 0 Å². The van der Waals surface area contributed by atoms with E-state index in [9.17, 15) is 14.5 Å². The maximum atomic E-state index is 12.1. The van der Waals surface area contributed by atoms with Crippen molar-refractivity contribution < 1.29 is 23.9 Å². The van der Waals surface area contributed by atoms with E-state index in [2.05, 4.69) is 0 Å². The van der Waals surface area contributed by atoms with Crippen molar-refractivity contribution in [1.29, 1.82) is 0 Å². The van der Waals surface area contributed by atoms with Gasteiger partial charge in [-0.05, 0) is 23.8 Å². The second-order valence-electron chi connectivity index (χ2n) is 5.18. The minimum absolute atomic E-state index is 0.0145. The number of aromatic hydroxyl groups is 1. The summed E-state index contributed by atoms with van der Waals surface area (Å²) in [7, 11) is -4.12. The topological polar surface area (TPSA) is 108 Å². The Morgan fingerprint density at radius 3 is 2.35 bits per heavy atom. The van der Waals surface area contributed by atoms with Gasteiger partial charge in [0, 0.05) is 11.6 Å². The van der Waals surface area contributed by atoms with E-state index in [1.165, 1.54) is 24.3 Å². The number of phenols is 1. The van der Waals surface area contributed by atoms with Gasteiger partial charge < -0.3 is 19.3 Å². The summed E-state index contributed by atoms with van der Waals surface area (Å²) in [4.78, 5) is 30.0. The zero-order valence-corrected chi connectivity index (χ0v) is 12.7. The smallest absolute Gasteiger partial charge is 0.329 e. The fraction of sp³-hybridized carbons (Fsp3) is 0.0625. The van der Waals surface area contributed by atoms with Gasteiger partial charge in [0.25, 0.3) is 0 Å². The maximum absolute atomic E-state index is 12.1. The lowest BCUT2D eigenvalue weighted by atomic mass is 10.1. The van der Waals surface area contributed by atoms with Gasteiger partial charge in [-0.1, -0.05) is 24.3 Å². The molecule has 7 heteroatoms. The molecule has 0 atom stereocenters. The standard InChI is InChI=1S/C16H13O6P/c17-12-5-6-15-13(7-12)14(18)8-16(22-15)11-3-1-10(2-4-11)9-23(19,20)21/h1-8,17H,9H2,(H2,19,20,21). The lowest BCUT2D eigenvalue weighted by Gasteiger charge is -2.06. The Morgan fingerprint density at radius 1 is 1.00 bits per heavy atom. The first-order valence-corrected chi connectivity index (χ1v) is 8.52. The van der Waals surface area contributed by atoms with Crippen molar-refractivity contribution in [3.8, 4) is 17.1 Å². The number of fused-ring (bicyclic) bond motifs is 1. The summed E-state index contributed by atoms with van der Waals surface area (Å²) < 4.78 is 16.6. The zero-order valence-electron chi connectivity index (χ0n) is 11.8. The highest BCUT2D eigenvalue weighted by molar-refractivity contribution is 7.50. The van der Waals surface area contributed by atoms with Crippen molar-refractivity contribution in [1.82, 2.24) is 0 Å². The van der Waals surface area contributed by atoms with Crippen LogP contribution in [0.4, 0.5) is 0 Å². The van der Waals surface area contributed by atoms with Crippen LogP contribution >= 0.6 is 7.60 Å². The summed E-state index contributed by atoms with van der Waals surface area (Å²) in [5.74, 6) is 0.329. The molecule has 0 aliphatic carbocycles. The van der Waals surface area contributed by atoms with Crippen LogP contribution in [0.5, 0.6) is 5.75 Å². The van der Waals surface area contributed by atoms with Crippen LogP contribution in [0.25, 0.3) is 22.3 Å². The van der Waals surface area contributed by atoms with Crippen LogP contribution in [-0.4, -0.2) is 14.9 Å². The van der Waals surface area contributed by atoms with Gasteiger partial charge in [-0.2, -0.15) is 0 Å². The molecular weight excluding hydrogens is 319 g/mol. The first-order chi connectivity index (χ1) is 10.8. The molecule has 0 saturated carbocycles. The Labute approximate surface area is 130 Å². The normalized spacial score (nSPS) is 11.7. The van der Waals surface area contributed by atoms with E-state index in [1.807, 2.05) is 0 Å². The number of phenolic OH excluding ortho intramolecular Hbond substituents is 1. The zero-order chi connectivity index (χ0) is 16.6. The summed E-state index contributed by atoms with van der Waals surface area (Å²) in [5, 5.41) is 9.70. The fourth-order valence-corrected chi connectivity index (χ4v) is 2.99. The molecule has 1 aromatic heterocycles. The summed E-state index contributed by atoms with van der Waals surface area (Å²) in [6, 6.07) is 12.0. The lowest BCUT2D eigenvalue weighted by Crippen LogP contribution is -2.00. The maximum Gasteiger partial charge on any atom is 0.329 e. The third kappa shape index (κ3) is 3.51. The van der Waals surface area contributed by atoms with E-state index in [4.69, 9.17) is 14.2 Å². The van der Waals surface area contributed by atoms with E-state index in [0.29, 0.717) is 22.5 Å². The molecule has 0 aliphatic rings. The monoisotopic (exact) mass is 332 g/mol. The minimum atomic E-state index is -4.12. The average molecular weight is 332 g/mol. The van der Waals surface area contributed by atoms with Crippen molar-refractivity contribution in [2.24, 2.45) is 0 Å². The van der Waals surface area contributed by atoms with Crippen molar-refractivity contribution >= 4 is 18.6 Å². The first-order valence-electron chi connectivity index (χ1n) is 6.73.